The molecule has 3 heterocycles. The quantitative estimate of drug-likeness (QED) is 0.727. The zero-order valence-electron chi connectivity index (χ0n) is 13.4. The van der Waals surface area contributed by atoms with Crippen molar-refractivity contribution in [1.82, 2.24) is 29.4 Å². The Morgan fingerprint density at radius 1 is 1.22 bits per heavy atom. The van der Waals surface area contributed by atoms with Crippen LogP contribution in [-0.4, -0.2) is 46.2 Å². The van der Waals surface area contributed by atoms with Crippen LogP contribution in [0.15, 0.2) is 18.3 Å². The summed E-state index contributed by atoms with van der Waals surface area (Å²) in [6, 6.07) is 3.71. The zero-order chi connectivity index (χ0) is 16.6. The van der Waals surface area contributed by atoms with E-state index in [9.17, 15) is 10.2 Å². The Morgan fingerprint density at radius 2 is 2.00 bits per heavy atom. The Bertz CT molecular complexity index is 823. The van der Waals surface area contributed by atoms with E-state index in [0.29, 0.717) is 29.7 Å². The summed E-state index contributed by atoms with van der Waals surface area (Å²) in [7, 11) is 0. The van der Waals surface area contributed by atoms with Crippen molar-refractivity contribution in [3.8, 4) is 11.4 Å². The largest absolute Gasteiger partial charge is 0.394 e. The summed E-state index contributed by atoms with van der Waals surface area (Å²) < 4.78 is 3.44. The van der Waals surface area contributed by atoms with Crippen LogP contribution < -0.4 is 0 Å². The summed E-state index contributed by atoms with van der Waals surface area (Å²) in [5, 5.41) is 31.9. The third kappa shape index (κ3) is 2.82. The van der Waals surface area contributed by atoms with Gasteiger partial charge >= 0.3 is 0 Å². The fourth-order valence-corrected chi connectivity index (χ4v) is 2.46. The lowest BCUT2D eigenvalue weighted by Crippen LogP contribution is -2.10. The van der Waals surface area contributed by atoms with Crippen LogP contribution >= 0.6 is 0 Å². The van der Waals surface area contributed by atoms with Gasteiger partial charge in [-0.1, -0.05) is 13.8 Å². The number of aliphatic hydroxyl groups is 2. The van der Waals surface area contributed by atoms with Gasteiger partial charge in [-0.2, -0.15) is 5.10 Å². The van der Waals surface area contributed by atoms with Crippen LogP contribution in [0.5, 0.6) is 0 Å². The highest BCUT2D eigenvalue weighted by Gasteiger charge is 2.19. The van der Waals surface area contributed by atoms with Gasteiger partial charge in [-0.25, -0.2) is 9.67 Å². The predicted octanol–water partition coefficient (Wildman–Crippen LogP) is 0.978. The van der Waals surface area contributed by atoms with Gasteiger partial charge in [0, 0.05) is 11.8 Å². The molecule has 0 amide bonds. The van der Waals surface area contributed by atoms with Crippen LogP contribution in [-0.2, 0) is 6.54 Å². The fraction of sp³-hybridized carbons (Fsp3) is 0.467. The molecule has 1 unspecified atom stereocenters. The van der Waals surface area contributed by atoms with Gasteiger partial charge in [0.1, 0.15) is 11.9 Å². The SMILES string of the molecule is Cc1nc(-c2ccc3nnc(C(O)C(C)C)n3c2)n(CCO)n1. The van der Waals surface area contributed by atoms with E-state index in [0.717, 1.165) is 5.56 Å². The highest BCUT2D eigenvalue weighted by Crippen LogP contribution is 2.23. The minimum absolute atomic E-state index is 0.0119. The number of pyridine rings is 1. The Balaban J connectivity index is 2.11. The number of rotatable bonds is 5. The van der Waals surface area contributed by atoms with Crippen LogP contribution in [0.3, 0.4) is 0 Å². The van der Waals surface area contributed by atoms with Gasteiger partial charge in [0.25, 0.3) is 0 Å². The van der Waals surface area contributed by atoms with Gasteiger partial charge in [0.05, 0.1) is 13.2 Å². The summed E-state index contributed by atoms with van der Waals surface area (Å²) >= 11 is 0. The highest BCUT2D eigenvalue weighted by molar-refractivity contribution is 5.58. The molecule has 0 spiro atoms. The number of fused-ring (bicyclic) bond motifs is 1. The van der Waals surface area contributed by atoms with E-state index < -0.39 is 6.10 Å². The minimum Gasteiger partial charge on any atom is -0.394 e. The lowest BCUT2D eigenvalue weighted by Gasteiger charge is -2.12. The zero-order valence-corrected chi connectivity index (χ0v) is 13.4. The molecular weight excluding hydrogens is 296 g/mol. The van der Waals surface area contributed by atoms with Crippen molar-refractivity contribution in [2.45, 2.75) is 33.4 Å². The molecule has 0 saturated heterocycles. The molecule has 0 aliphatic carbocycles. The van der Waals surface area contributed by atoms with Crippen LogP contribution in [0.2, 0.25) is 0 Å². The van der Waals surface area contributed by atoms with E-state index in [1.54, 1.807) is 9.08 Å². The standard InChI is InChI=1S/C15H20N6O2/c1-9(2)13(23)15-18-17-12-5-4-11(8-20(12)15)14-16-10(3)19-21(14)6-7-22/h4-5,8-9,13,22-23H,6-7H2,1-3H3. The van der Waals surface area contributed by atoms with Gasteiger partial charge in [-0.3, -0.25) is 4.40 Å². The van der Waals surface area contributed by atoms with Gasteiger partial charge < -0.3 is 10.2 Å². The number of nitrogens with zero attached hydrogens (tertiary/aromatic N) is 6. The molecular formula is C15H20N6O2. The Kier molecular flexibility index (Phi) is 4.10. The van der Waals surface area contributed by atoms with Crippen molar-refractivity contribution in [3.05, 3.63) is 30.0 Å². The molecule has 0 radical (unpaired) electrons. The van der Waals surface area contributed by atoms with Crippen molar-refractivity contribution in [2.24, 2.45) is 5.92 Å². The van der Waals surface area contributed by atoms with Crippen LogP contribution in [0, 0.1) is 12.8 Å². The summed E-state index contributed by atoms with van der Waals surface area (Å²) in [4.78, 5) is 4.42. The second-order valence-electron chi connectivity index (χ2n) is 5.82. The number of aliphatic hydroxyl groups excluding tert-OH is 2. The molecule has 3 rings (SSSR count). The van der Waals surface area contributed by atoms with Crippen molar-refractivity contribution in [2.75, 3.05) is 6.61 Å². The van der Waals surface area contributed by atoms with Crippen molar-refractivity contribution in [3.63, 3.8) is 0 Å². The molecule has 3 aromatic heterocycles. The third-order valence-electron chi connectivity index (χ3n) is 3.67. The van der Waals surface area contributed by atoms with Crippen molar-refractivity contribution < 1.29 is 10.2 Å². The minimum atomic E-state index is -0.697. The average molecular weight is 316 g/mol. The first-order valence-electron chi connectivity index (χ1n) is 7.56. The first kappa shape index (κ1) is 15.6. The molecule has 0 saturated carbocycles. The van der Waals surface area contributed by atoms with Gasteiger partial charge in [-0.05, 0) is 25.0 Å². The molecule has 0 aliphatic rings. The van der Waals surface area contributed by atoms with Gasteiger partial charge in [0.2, 0.25) is 0 Å². The molecule has 1 atom stereocenters. The number of hydrogen-bond acceptors (Lipinski definition) is 6. The lowest BCUT2D eigenvalue weighted by molar-refractivity contribution is 0.116. The number of aryl methyl sites for hydroxylation is 1. The molecule has 122 valence electrons. The molecule has 23 heavy (non-hydrogen) atoms. The maximum absolute atomic E-state index is 10.3. The van der Waals surface area contributed by atoms with Crippen LogP contribution in [0.1, 0.15) is 31.6 Å². The molecule has 0 bridgehead atoms. The number of hydrogen-bond donors (Lipinski definition) is 2. The number of aromatic nitrogens is 6. The molecule has 3 aromatic rings. The smallest absolute Gasteiger partial charge is 0.166 e. The van der Waals surface area contributed by atoms with Gasteiger partial charge in [-0.15, -0.1) is 10.2 Å². The molecule has 8 heteroatoms. The van der Waals surface area contributed by atoms with Gasteiger partial charge in [0.15, 0.2) is 17.3 Å². The van der Waals surface area contributed by atoms with E-state index in [-0.39, 0.29) is 12.5 Å². The van der Waals surface area contributed by atoms with E-state index in [2.05, 4.69) is 20.3 Å². The van der Waals surface area contributed by atoms with Crippen molar-refractivity contribution in [1.29, 1.82) is 0 Å². The first-order chi connectivity index (χ1) is 11.0. The summed E-state index contributed by atoms with van der Waals surface area (Å²) in [6.45, 7) is 6.02. The first-order valence-corrected chi connectivity index (χ1v) is 7.56. The maximum atomic E-state index is 10.3. The monoisotopic (exact) mass is 316 g/mol. The molecule has 8 nitrogen and oxygen atoms in total. The summed E-state index contributed by atoms with van der Waals surface area (Å²) in [6.07, 6.45) is 1.14. The lowest BCUT2D eigenvalue weighted by atomic mass is 10.1. The normalized spacial score (nSPS) is 13.1. The molecule has 0 aliphatic heterocycles. The Labute approximate surface area is 133 Å². The third-order valence-corrected chi connectivity index (χ3v) is 3.67. The molecule has 0 fully saturated rings. The Morgan fingerprint density at radius 3 is 2.70 bits per heavy atom. The average Bonchev–Trinajstić information content (AvgIpc) is 3.09. The predicted molar refractivity (Wildman–Crippen MR) is 83.6 cm³/mol. The van der Waals surface area contributed by atoms with E-state index in [4.69, 9.17) is 0 Å². The second-order valence-corrected chi connectivity index (χ2v) is 5.82. The second kappa shape index (κ2) is 6.05. The van der Waals surface area contributed by atoms with Crippen LogP contribution in [0.4, 0.5) is 0 Å². The highest BCUT2D eigenvalue weighted by atomic mass is 16.3. The molecule has 0 aromatic carbocycles. The van der Waals surface area contributed by atoms with E-state index in [1.807, 2.05) is 39.1 Å². The summed E-state index contributed by atoms with van der Waals surface area (Å²) in [5.41, 5.74) is 1.48. The van der Waals surface area contributed by atoms with Crippen molar-refractivity contribution >= 4 is 5.65 Å². The van der Waals surface area contributed by atoms with E-state index in [1.165, 1.54) is 0 Å². The van der Waals surface area contributed by atoms with E-state index >= 15 is 0 Å². The van der Waals surface area contributed by atoms with Crippen LogP contribution in [0.25, 0.3) is 17.0 Å². The molecule has 2 N–H and O–H groups in total. The summed E-state index contributed by atoms with van der Waals surface area (Å²) in [5.74, 6) is 1.84. The fourth-order valence-electron chi connectivity index (χ4n) is 2.46. The topological polar surface area (TPSA) is 101 Å². The Hall–Kier alpha value is -2.32. The maximum Gasteiger partial charge on any atom is 0.166 e.